The molecule has 0 radical (unpaired) electrons. The normalized spacial score (nSPS) is 10.7. The summed E-state index contributed by atoms with van der Waals surface area (Å²) in [6.07, 6.45) is 0.911. The Hall–Kier alpha value is -1.34. The van der Waals surface area contributed by atoms with Crippen LogP contribution in [0.5, 0.6) is 0 Å². The Balaban J connectivity index is 1.56. The largest absolute Gasteiger partial charge is 0.477 e. The molecule has 0 bridgehead atoms. The summed E-state index contributed by atoms with van der Waals surface area (Å²) in [5.74, 6) is 0.00966. The number of aromatic carboxylic acids is 1. The van der Waals surface area contributed by atoms with Gasteiger partial charge in [-0.2, -0.15) is 0 Å². The lowest BCUT2D eigenvalue weighted by molar-refractivity contribution is 0.0284. The number of hydrogen-bond acceptors (Lipinski definition) is 5. The molecule has 0 aliphatic carbocycles. The number of benzene rings is 1. The SMILES string of the molecule is O=C(O)c1sccc1SCCCNOCc1ccccc1. The van der Waals surface area contributed by atoms with Gasteiger partial charge in [-0.05, 0) is 29.2 Å². The van der Waals surface area contributed by atoms with Crippen LogP contribution in [0.15, 0.2) is 46.7 Å². The van der Waals surface area contributed by atoms with Crippen LogP contribution >= 0.6 is 23.1 Å². The van der Waals surface area contributed by atoms with Crippen molar-refractivity contribution in [3.63, 3.8) is 0 Å². The van der Waals surface area contributed by atoms with Gasteiger partial charge in [0.2, 0.25) is 0 Å². The van der Waals surface area contributed by atoms with Crippen molar-refractivity contribution >= 4 is 29.1 Å². The Morgan fingerprint density at radius 2 is 2.10 bits per heavy atom. The minimum Gasteiger partial charge on any atom is -0.477 e. The van der Waals surface area contributed by atoms with E-state index in [0.717, 1.165) is 29.2 Å². The quantitative estimate of drug-likeness (QED) is 0.419. The second kappa shape index (κ2) is 8.84. The number of hydrogen-bond donors (Lipinski definition) is 2. The molecule has 1 heterocycles. The topological polar surface area (TPSA) is 58.6 Å². The van der Waals surface area contributed by atoms with E-state index in [1.165, 1.54) is 11.3 Å². The number of hydroxylamine groups is 1. The van der Waals surface area contributed by atoms with E-state index in [2.05, 4.69) is 5.48 Å². The van der Waals surface area contributed by atoms with E-state index in [1.54, 1.807) is 11.8 Å². The number of carboxylic acids is 1. The van der Waals surface area contributed by atoms with Gasteiger partial charge in [0, 0.05) is 11.4 Å². The van der Waals surface area contributed by atoms with Crippen molar-refractivity contribution < 1.29 is 14.7 Å². The summed E-state index contributed by atoms with van der Waals surface area (Å²) in [4.78, 5) is 17.6. The molecular formula is C15H17NO3S2. The van der Waals surface area contributed by atoms with E-state index in [-0.39, 0.29) is 0 Å². The lowest BCUT2D eigenvalue weighted by atomic mass is 10.2. The van der Waals surface area contributed by atoms with Crippen molar-refractivity contribution in [2.24, 2.45) is 0 Å². The van der Waals surface area contributed by atoms with Gasteiger partial charge in [0.05, 0.1) is 6.61 Å². The summed E-state index contributed by atoms with van der Waals surface area (Å²) < 4.78 is 0. The molecule has 6 heteroatoms. The molecule has 1 aromatic heterocycles. The van der Waals surface area contributed by atoms with Crippen LogP contribution in [0.4, 0.5) is 0 Å². The third kappa shape index (κ3) is 5.51. The van der Waals surface area contributed by atoms with E-state index in [9.17, 15) is 4.79 Å². The summed E-state index contributed by atoms with van der Waals surface area (Å²) in [6.45, 7) is 1.29. The van der Waals surface area contributed by atoms with Crippen LogP contribution in [0.1, 0.15) is 21.7 Å². The zero-order chi connectivity index (χ0) is 14.9. The van der Waals surface area contributed by atoms with Crippen molar-refractivity contribution in [2.45, 2.75) is 17.9 Å². The first-order valence-electron chi connectivity index (χ1n) is 6.59. The Bertz CT molecular complexity index is 557. The molecule has 2 rings (SSSR count). The monoisotopic (exact) mass is 323 g/mol. The predicted molar refractivity (Wildman–Crippen MR) is 85.9 cm³/mol. The number of carbonyl (C=O) groups is 1. The van der Waals surface area contributed by atoms with Gasteiger partial charge in [-0.25, -0.2) is 10.3 Å². The maximum atomic E-state index is 11.0. The minimum absolute atomic E-state index is 0.424. The van der Waals surface area contributed by atoms with Gasteiger partial charge in [0.1, 0.15) is 4.88 Å². The van der Waals surface area contributed by atoms with Crippen LogP contribution in [0.2, 0.25) is 0 Å². The molecule has 4 nitrogen and oxygen atoms in total. The number of rotatable bonds is 9. The number of nitrogens with one attached hydrogen (secondary N) is 1. The molecule has 0 atom stereocenters. The second-order valence-corrected chi connectivity index (χ2v) is 6.34. The van der Waals surface area contributed by atoms with Gasteiger partial charge in [-0.1, -0.05) is 30.3 Å². The molecule has 0 saturated carbocycles. The summed E-state index contributed by atoms with van der Waals surface area (Å²) in [7, 11) is 0. The molecule has 0 fully saturated rings. The number of carboxylic acid groups (broad SMARTS) is 1. The maximum absolute atomic E-state index is 11.0. The molecule has 0 aliphatic rings. The van der Waals surface area contributed by atoms with Crippen molar-refractivity contribution in [2.75, 3.05) is 12.3 Å². The molecule has 0 unspecified atom stereocenters. The highest BCUT2D eigenvalue weighted by Crippen LogP contribution is 2.27. The van der Waals surface area contributed by atoms with Gasteiger partial charge in [-0.15, -0.1) is 23.1 Å². The minimum atomic E-state index is -0.850. The molecule has 2 aromatic rings. The summed E-state index contributed by atoms with van der Waals surface area (Å²) in [6, 6.07) is 11.8. The molecule has 0 aliphatic heterocycles. The van der Waals surface area contributed by atoms with Gasteiger partial charge in [-0.3, -0.25) is 4.84 Å². The van der Waals surface area contributed by atoms with E-state index in [1.807, 2.05) is 41.8 Å². The zero-order valence-electron chi connectivity index (χ0n) is 11.5. The Morgan fingerprint density at radius 3 is 2.86 bits per heavy atom. The highest BCUT2D eigenvalue weighted by molar-refractivity contribution is 7.99. The van der Waals surface area contributed by atoms with E-state index in [4.69, 9.17) is 9.94 Å². The van der Waals surface area contributed by atoms with Crippen molar-refractivity contribution in [3.8, 4) is 0 Å². The summed E-state index contributed by atoms with van der Waals surface area (Å²) in [5, 5.41) is 10.8. The fraction of sp³-hybridized carbons (Fsp3) is 0.267. The maximum Gasteiger partial charge on any atom is 0.347 e. The lowest BCUT2D eigenvalue weighted by Crippen LogP contribution is -2.16. The smallest absolute Gasteiger partial charge is 0.347 e. The summed E-state index contributed by atoms with van der Waals surface area (Å²) >= 11 is 2.84. The molecule has 0 amide bonds. The highest BCUT2D eigenvalue weighted by atomic mass is 32.2. The predicted octanol–water partition coefficient (Wildman–Crippen LogP) is 3.65. The lowest BCUT2D eigenvalue weighted by Gasteiger charge is -2.06. The molecule has 0 spiro atoms. The van der Waals surface area contributed by atoms with E-state index >= 15 is 0 Å². The first kappa shape index (κ1) is 16.0. The van der Waals surface area contributed by atoms with Gasteiger partial charge >= 0.3 is 5.97 Å². The van der Waals surface area contributed by atoms with Crippen molar-refractivity contribution in [1.29, 1.82) is 0 Å². The molecule has 21 heavy (non-hydrogen) atoms. The zero-order valence-corrected chi connectivity index (χ0v) is 13.1. The van der Waals surface area contributed by atoms with Crippen LogP contribution in [-0.2, 0) is 11.4 Å². The van der Waals surface area contributed by atoms with E-state index < -0.39 is 5.97 Å². The van der Waals surface area contributed by atoms with E-state index in [0.29, 0.717) is 11.5 Å². The average molecular weight is 323 g/mol. The third-order valence-electron chi connectivity index (χ3n) is 2.69. The van der Waals surface area contributed by atoms with Gasteiger partial charge in [0.25, 0.3) is 0 Å². The number of thioether (sulfide) groups is 1. The number of thiophene rings is 1. The first-order valence-corrected chi connectivity index (χ1v) is 8.46. The van der Waals surface area contributed by atoms with Crippen LogP contribution in [0.3, 0.4) is 0 Å². The van der Waals surface area contributed by atoms with Crippen molar-refractivity contribution in [3.05, 3.63) is 52.2 Å². The Labute approximate surface area is 132 Å². The van der Waals surface area contributed by atoms with Crippen molar-refractivity contribution in [1.82, 2.24) is 5.48 Å². The summed E-state index contributed by atoms with van der Waals surface area (Å²) in [5.41, 5.74) is 4.05. The standard InChI is InChI=1S/C15H17NO3S2/c17-15(18)14-13(7-10-21-14)20-9-4-8-16-19-11-12-5-2-1-3-6-12/h1-3,5-7,10,16H,4,8-9,11H2,(H,17,18). The molecule has 112 valence electrons. The van der Waals surface area contributed by atoms with Crippen LogP contribution in [0, 0.1) is 0 Å². The van der Waals surface area contributed by atoms with Gasteiger partial charge in [0.15, 0.2) is 0 Å². The Kier molecular flexibility index (Phi) is 6.75. The third-order valence-corrected chi connectivity index (χ3v) is 4.86. The fourth-order valence-corrected chi connectivity index (χ4v) is 3.60. The molecule has 0 saturated heterocycles. The highest BCUT2D eigenvalue weighted by Gasteiger charge is 2.11. The van der Waals surface area contributed by atoms with Crippen LogP contribution in [-0.4, -0.2) is 23.4 Å². The fourth-order valence-electron chi connectivity index (χ4n) is 1.67. The van der Waals surface area contributed by atoms with Crippen LogP contribution in [0.25, 0.3) is 0 Å². The second-order valence-electron chi connectivity index (χ2n) is 4.29. The van der Waals surface area contributed by atoms with Crippen LogP contribution < -0.4 is 5.48 Å². The average Bonchev–Trinajstić information content (AvgIpc) is 2.96. The first-order chi connectivity index (χ1) is 10.3. The Morgan fingerprint density at radius 1 is 1.29 bits per heavy atom. The molecule has 1 aromatic carbocycles. The van der Waals surface area contributed by atoms with Gasteiger partial charge < -0.3 is 5.11 Å². The molecule has 2 N–H and O–H groups in total. The molecular weight excluding hydrogens is 306 g/mol.